The summed E-state index contributed by atoms with van der Waals surface area (Å²) in [5, 5.41) is 7.51. The smallest absolute Gasteiger partial charge is 0.00567 e. The molecule has 0 fully saturated rings. The molecular weight excluding hydrogens is 456 g/mol. The van der Waals surface area contributed by atoms with E-state index >= 15 is 0 Å². The lowest BCUT2D eigenvalue weighted by Crippen LogP contribution is -2.12. The van der Waals surface area contributed by atoms with Gasteiger partial charge in [-0.2, -0.15) is 0 Å². The van der Waals surface area contributed by atoms with Crippen LogP contribution >= 0.6 is 0 Å². The van der Waals surface area contributed by atoms with Gasteiger partial charge in [-0.25, -0.2) is 0 Å². The second kappa shape index (κ2) is 9.01. The fourth-order valence-corrected chi connectivity index (χ4v) is 6.41. The van der Waals surface area contributed by atoms with Gasteiger partial charge in [-0.05, 0) is 71.8 Å². The predicted molar refractivity (Wildman–Crippen MR) is 167 cm³/mol. The maximum atomic E-state index is 4.32. The summed E-state index contributed by atoms with van der Waals surface area (Å²) in [4.78, 5) is 0. The van der Waals surface area contributed by atoms with Crippen LogP contribution in [0.3, 0.4) is 0 Å². The van der Waals surface area contributed by atoms with Crippen LogP contribution in [0.2, 0.25) is 0 Å². The van der Waals surface area contributed by atoms with Crippen molar-refractivity contribution in [2.24, 2.45) is 11.8 Å². The van der Waals surface area contributed by atoms with Gasteiger partial charge in [0.2, 0.25) is 0 Å². The molecule has 0 heterocycles. The molecule has 0 aliphatic heterocycles. The van der Waals surface area contributed by atoms with Crippen LogP contribution in [0.1, 0.15) is 16.7 Å². The number of hydrogen-bond donors (Lipinski definition) is 0. The van der Waals surface area contributed by atoms with Crippen LogP contribution < -0.4 is 0 Å². The molecule has 0 amide bonds. The Hall–Kier alpha value is -4.68. The van der Waals surface area contributed by atoms with Gasteiger partial charge in [0, 0.05) is 11.8 Å². The minimum atomic E-state index is 0.368. The van der Waals surface area contributed by atoms with Crippen LogP contribution in [-0.4, -0.2) is 0 Å². The second-order valence-electron chi connectivity index (χ2n) is 10.1. The van der Waals surface area contributed by atoms with E-state index in [4.69, 9.17) is 0 Å². The maximum absolute atomic E-state index is 4.32. The first-order valence-corrected chi connectivity index (χ1v) is 13.3. The minimum Gasteiger partial charge on any atom is -0.0984 e. The highest BCUT2D eigenvalue weighted by Gasteiger charge is 2.24. The van der Waals surface area contributed by atoms with Crippen LogP contribution in [0.15, 0.2) is 135 Å². The highest BCUT2D eigenvalue weighted by Crippen LogP contribution is 2.46. The molecule has 0 N–H and O–H groups in total. The third kappa shape index (κ3) is 3.38. The lowest BCUT2D eigenvalue weighted by molar-refractivity contribution is 0.663. The Morgan fingerprint density at radius 1 is 0.553 bits per heavy atom. The van der Waals surface area contributed by atoms with Crippen molar-refractivity contribution >= 4 is 50.0 Å². The molecule has 0 saturated heterocycles. The lowest BCUT2D eigenvalue weighted by Gasteiger charge is -2.26. The zero-order valence-electron chi connectivity index (χ0n) is 21.3. The van der Waals surface area contributed by atoms with Gasteiger partial charge in [0.15, 0.2) is 0 Å². The van der Waals surface area contributed by atoms with Gasteiger partial charge in [-0.1, -0.05) is 141 Å². The van der Waals surface area contributed by atoms with Gasteiger partial charge >= 0.3 is 0 Å². The molecule has 180 valence electrons. The van der Waals surface area contributed by atoms with Crippen molar-refractivity contribution < 1.29 is 0 Å². The highest BCUT2D eigenvalue weighted by molar-refractivity contribution is 6.19. The number of rotatable bonds is 4. The number of hydrogen-bond acceptors (Lipinski definition) is 0. The molecule has 0 radical (unpaired) electrons. The summed E-state index contributed by atoms with van der Waals surface area (Å²) >= 11 is 0. The fraction of sp³-hybridized carbons (Fsp3) is 0.0526. The third-order valence-electron chi connectivity index (χ3n) is 8.12. The van der Waals surface area contributed by atoms with E-state index in [0.29, 0.717) is 11.8 Å². The number of fused-ring (bicyclic) bond motifs is 5. The third-order valence-corrected chi connectivity index (χ3v) is 8.12. The Balaban J connectivity index is 1.60. The maximum Gasteiger partial charge on any atom is 0.00567 e. The van der Waals surface area contributed by atoms with E-state index in [1.165, 1.54) is 54.6 Å². The molecule has 5 aromatic carbocycles. The van der Waals surface area contributed by atoms with Crippen LogP contribution in [0, 0.1) is 11.8 Å². The molecule has 0 spiro atoms. The molecule has 0 saturated carbocycles. The summed E-state index contributed by atoms with van der Waals surface area (Å²) in [5.41, 5.74) is 7.19. The Labute approximate surface area is 223 Å². The Morgan fingerprint density at radius 3 is 1.87 bits per heavy atom. The summed E-state index contributed by atoms with van der Waals surface area (Å²) in [6, 6.07) is 28.6. The molecule has 0 heteroatoms. The lowest BCUT2D eigenvalue weighted by atomic mass is 9.77. The molecule has 2 atom stereocenters. The Morgan fingerprint density at radius 2 is 1.13 bits per heavy atom. The quantitative estimate of drug-likeness (QED) is 0.223. The van der Waals surface area contributed by atoms with E-state index in [-0.39, 0.29) is 0 Å². The first kappa shape index (κ1) is 22.5. The highest BCUT2D eigenvalue weighted by atomic mass is 14.3. The van der Waals surface area contributed by atoms with Gasteiger partial charge in [0.05, 0.1) is 0 Å². The second-order valence-corrected chi connectivity index (χ2v) is 10.1. The Kier molecular flexibility index (Phi) is 5.34. The molecule has 2 aliphatic carbocycles. The zero-order valence-corrected chi connectivity index (χ0v) is 21.3. The Bertz CT molecular complexity index is 1900. The summed E-state index contributed by atoms with van der Waals surface area (Å²) in [6.07, 6.45) is 20.0. The van der Waals surface area contributed by atoms with Crippen LogP contribution in [0.25, 0.3) is 61.2 Å². The topological polar surface area (TPSA) is 0 Å². The summed E-state index contributed by atoms with van der Waals surface area (Å²) < 4.78 is 0. The predicted octanol–water partition coefficient (Wildman–Crippen LogP) is 10.4. The summed E-state index contributed by atoms with van der Waals surface area (Å²) in [6.45, 7) is 8.63. The number of allylic oxidation sites excluding steroid dienone is 8. The largest absolute Gasteiger partial charge is 0.0984 e. The van der Waals surface area contributed by atoms with E-state index in [1.807, 2.05) is 12.2 Å². The summed E-state index contributed by atoms with van der Waals surface area (Å²) in [7, 11) is 0. The standard InChI is InChI=1S/C38H28/c1-3-29-30(4-2)38(36-24-27-15-7-8-16-31(27)32-17-9-10-18-33(32)36)35-20-12-11-19-34(35)37(29)28-22-21-25-13-5-6-14-26(25)23-28/h3-26H,1-2H2. The monoisotopic (exact) mass is 484 g/mol. The van der Waals surface area contributed by atoms with Crippen molar-refractivity contribution in [3.05, 3.63) is 151 Å². The first-order chi connectivity index (χ1) is 18.8. The van der Waals surface area contributed by atoms with E-state index in [2.05, 4.69) is 135 Å². The van der Waals surface area contributed by atoms with Crippen LogP contribution in [0.4, 0.5) is 0 Å². The van der Waals surface area contributed by atoms with Gasteiger partial charge in [-0.3, -0.25) is 0 Å². The minimum absolute atomic E-state index is 0.368. The molecule has 2 aliphatic rings. The summed E-state index contributed by atoms with van der Waals surface area (Å²) in [5.74, 6) is 0.789. The van der Waals surface area contributed by atoms with Crippen molar-refractivity contribution in [3.8, 4) is 11.1 Å². The average molecular weight is 485 g/mol. The van der Waals surface area contributed by atoms with Crippen molar-refractivity contribution in [1.29, 1.82) is 0 Å². The van der Waals surface area contributed by atoms with Gasteiger partial charge in [-0.15, -0.1) is 0 Å². The van der Waals surface area contributed by atoms with Crippen molar-refractivity contribution in [3.63, 3.8) is 0 Å². The molecule has 2 unspecified atom stereocenters. The molecule has 7 rings (SSSR count). The van der Waals surface area contributed by atoms with E-state index in [1.54, 1.807) is 0 Å². The van der Waals surface area contributed by atoms with Crippen molar-refractivity contribution in [2.75, 3.05) is 0 Å². The first-order valence-electron chi connectivity index (χ1n) is 13.3. The SMILES string of the molecule is C=Cc1c(C=C)c(-c2cc3ccccc3c3ccccc23)c2ccccc2c1C1=CC2C=CC=CC2C=C1. The van der Waals surface area contributed by atoms with Crippen LogP contribution in [-0.2, 0) is 0 Å². The van der Waals surface area contributed by atoms with E-state index in [9.17, 15) is 0 Å². The van der Waals surface area contributed by atoms with E-state index < -0.39 is 0 Å². The van der Waals surface area contributed by atoms with Gasteiger partial charge in [0.1, 0.15) is 0 Å². The van der Waals surface area contributed by atoms with Gasteiger partial charge < -0.3 is 0 Å². The average Bonchev–Trinajstić information content (AvgIpc) is 2.99. The molecule has 0 bridgehead atoms. The fourth-order valence-electron chi connectivity index (χ4n) is 6.41. The number of benzene rings is 5. The van der Waals surface area contributed by atoms with E-state index in [0.717, 1.165) is 11.1 Å². The van der Waals surface area contributed by atoms with Crippen LogP contribution in [0.5, 0.6) is 0 Å². The normalized spacial score (nSPS) is 18.1. The molecule has 5 aromatic rings. The zero-order chi connectivity index (χ0) is 25.6. The van der Waals surface area contributed by atoms with Crippen molar-refractivity contribution in [2.45, 2.75) is 0 Å². The molecule has 0 aromatic heterocycles. The van der Waals surface area contributed by atoms with Gasteiger partial charge in [0.25, 0.3) is 0 Å². The molecule has 0 nitrogen and oxygen atoms in total. The van der Waals surface area contributed by atoms with Crippen molar-refractivity contribution in [1.82, 2.24) is 0 Å². The molecular formula is C38H28. The molecule has 38 heavy (non-hydrogen) atoms.